The van der Waals surface area contributed by atoms with Crippen molar-refractivity contribution in [3.8, 4) is 6.07 Å². The third-order valence-corrected chi connectivity index (χ3v) is 4.90. The molecule has 3 rings (SSSR count). The van der Waals surface area contributed by atoms with Crippen LogP contribution in [0.4, 0.5) is 5.82 Å². The zero-order chi connectivity index (χ0) is 19.4. The van der Waals surface area contributed by atoms with E-state index in [2.05, 4.69) is 22.0 Å². The third kappa shape index (κ3) is 4.26. The first-order chi connectivity index (χ1) is 13.0. The predicted octanol–water partition coefficient (Wildman–Crippen LogP) is 2.21. The summed E-state index contributed by atoms with van der Waals surface area (Å²) < 4.78 is 0. The number of nitriles is 1. The number of carbonyl (C=O) groups excluding carboxylic acids is 1. The van der Waals surface area contributed by atoms with Gasteiger partial charge in [0.25, 0.3) is 0 Å². The second kappa shape index (κ2) is 8.19. The molecule has 0 spiro atoms. The topological polar surface area (TPSA) is 63.5 Å². The minimum Gasteiger partial charge on any atom is -0.353 e. The fourth-order valence-electron chi connectivity index (χ4n) is 3.47. The lowest BCUT2D eigenvalue weighted by Gasteiger charge is -2.38. The number of hydrogen-bond donors (Lipinski definition) is 0. The van der Waals surface area contributed by atoms with Crippen molar-refractivity contribution in [1.29, 1.82) is 5.26 Å². The fraction of sp³-hybridized carbons (Fsp3) is 0.381. The number of hydrogen-bond acceptors (Lipinski definition) is 5. The first-order valence-electron chi connectivity index (χ1n) is 9.12. The summed E-state index contributed by atoms with van der Waals surface area (Å²) in [6.07, 6.45) is 1.59. The smallest absolute Gasteiger partial charge is 0.244 e. The number of likely N-dealkylation sites (N-methyl/N-ethyl adjacent to an activating group) is 1. The van der Waals surface area contributed by atoms with E-state index in [1.165, 1.54) is 0 Å². The summed E-state index contributed by atoms with van der Waals surface area (Å²) in [6, 6.07) is 13.6. The highest BCUT2D eigenvalue weighted by Crippen LogP contribution is 2.23. The van der Waals surface area contributed by atoms with Crippen LogP contribution in [0.15, 0.2) is 42.6 Å². The van der Waals surface area contributed by atoms with Gasteiger partial charge in [-0.3, -0.25) is 9.69 Å². The lowest BCUT2D eigenvalue weighted by Crippen LogP contribution is -2.51. The van der Waals surface area contributed by atoms with Crippen molar-refractivity contribution in [1.82, 2.24) is 14.8 Å². The molecule has 0 radical (unpaired) electrons. The molecule has 1 amide bonds. The summed E-state index contributed by atoms with van der Waals surface area (Å²) in [6.45, 7) is 4.84. The van der Waals surface area contributed by atoms with E-state index in [9.17, 15) is 4.79 Å². The van der Waals surface area contributed by atoms with Crippen molar-refractivity contribution in [2.45, 2.75) is 13.0 Å². The second-order valence-electron chi connectivity index (χ2n) is 7.11. The van der Waals surface area contributed by atoms with E-state index in [-0.39, 0.29) is 11.9 Å². The largest absolute Gasteiger partial charge is 0.353 e. The number of aryl methyl sites for hydroxylation is 1. The first kappa shape index (κ1) is 18.9. The van der Waals surface area contributed by atoms with E-state index >= 15 is 0 Å². The molecule has 2 aromatic rings. The Morgan fingerprint density at radius 3 is 2.48 bits per heavy atom. The van der Waals surface area contributed by atoms with Crippen LogP contribution in [0.1, 0.15) is 22.7 Å². The molecule has 140 valence electrons. The van der Waals surface area contributed by atoms with Gasteiger partial charge in [-0.25, -0.2) is 4.98 Å². The first-order valence-corrected chi connectivity index (χ1v) is 9.12. The molecule has 1 aromatic carbocycles. The molecular weight excluding hydrogens is 338 g/mol. The summed E-state index contributed by atoms with van der Waals surface area (Å²) in [5, 5.41) is 8.89. The Balaban J connectivity index is 1.68. The summed E-state index contributed by atoms with van der Waals surface area (Å²) in [7, 11) is 3.89. The van der Waals surface area contributed by atoms with Gasteiger partial charge >= 0.3 is 0 Å². The van der Waals surface area contributed by atoms with Gasteiger partial charge in [0.15, 0.2) is 0 Å². The molecule has 6 nitrogen and oxygen atoms in total. The van der Waals surface area contributed by atoms with Gasteiger partial charge in [0.05, 0.1) is 5.56 Å². The molecule has 0 bridgehead atoms. The highest BCUT2D eigenvalue weighted by atomic mass is 16.2. The molecule has 0 saturated carbocycles. The van der Waals surface area contributed by atoms with Crippen molar-refractivity contribution in [3.05, 3.63) is 59.3 Å². The number of amides is 1. The van der Waals surface area contributed by atoms with E-state index in [0.29, 0.717) is 18.7 Å². The monoisotopic (exact) mass is 363 g/mol. The molecule has 6 heteroatoms. The third-order valence-electron chi connectivity index (χ3n) is 4.90. The number of piperazine rings is 1. The van der Waals surface area contributed by atoms with Gasteiger partial charge in [0.2, 0.25) is 5.91 Å². The predicted molar refractivity (Wildman–Crippen MR) is 105 cm³/mol. The summed E-state index contributed by atoms with van der Waals surface area (Å²) in [5.74, 6) is 0.988. The molecule has 27 heavy (non-hydrogen) atoms. The molecular formula is C21H25N5O. The molecule has 1 aliphatic rings. The zero-order valence-corrected chi connectivity index (χ0v) is 16.1. The Bertz CT molecular complexity index is 832. The number of rotatable bonds is 4. The lowest BCUT2D eigenvalue weighted by molar-refractivity contribution is -0.136. The van der Waals surface area contributed by atoms with Crippen LogP contribution in [-0.4, -0.2) is 61.0 Å². The highest BCUT2D eigenvalue weighted by Gasteiger charge is 2.30. The number of carbonyl (C=O) groups is 1. The van der Waals surface area contributed by atoms with Crippen LogP contribution in [0.25, 0.3) is 0 Å². The van der Waals surface area contributed by atoms with Gasteiger partial charge in [0.1, 0.15) is 17.9 Å². The Labute approximate surface area is 160 Å². The molecule has 2 heterocycles. The Hall–Kier alpha value is -2.91. The average molecular weight is 363 g/mol. The van der Waals surface area contributed by atoms with E-state index < -0.39 is 0 Å². The highest BCUT2D eigenvalue weighted by molar-refractivity contribution is 5.83. The second-order valence-corrected chi connectivity index (χ2v) is 7.11. The maximum atomic E-state index is 13.2. The van der Waals surface area contributed by atoms with Gasteiger partial charge < -0.3 is 9.80 Å². The van der Waals surface area contributed by atoms with Crippen LogP contribution in [0.2, 0.25) is 0 Å². The molecule has 1 fully saturated rings. The quantitative estimate of drug-likeness (QED) is 0.833. The number of pyridine rings is 1. The average Bonchev–Trinajstić information content (AvgIpc) is 2.68. The summed E-state index contributed by atoms with van der Waals surface area (Å²) >= 11 is 0. The van der Waals surface area contributed by atoms with Crippen molar-refractivity contribution in [2.24, 2.45) is 0 Å². The van der Waals surface area contributed by atoms with E-state index in [0.717, 1.165) is 30.0 Å². The molecule has 0 aliphatic carbocycles. The maximum Gasteiger partial charge on any atom is 0.244 e. The SMILES string of the molecule is Cc1cccc([C@H](C(=O)N2CCN(c3ccc(C#N)cn3)CC2)N(C)C)c1. The van der Waals surface area contributed by atoms with Gasteiger partial charge in [-0.1, -0.05) is 29.8 Å². The Morgan fingerprint density at radius 2 is 1.93 bits per heavy atom. The number of benzene rings is 1. The molecule has 1 saturated heterocycles. The van der Waals surface area contributed by atoms with E-state index in [1.807, 2.05) is 55.1 Å². The Morgan fingerprint density at radius 1 is 1.19 bits per heavy atom. The number of aromatic nitrogens is 1. The van der Waals surface area contributed by atoms with E-state index in [1.54, 1.807) is 12.3 Å². The zero-order valence-electron chi connectivity index (χ0n) is 16.1. The fourth-order valence-corrected chi connectivity index (χ4v) is 3.47. The van der Waals surface area contributed by atoms with E-state index in [4.69, 9.17) is 5.26 Å². The van der Waals surface area contributed by atoms with Crippen LogP contribution < -0.4 is 4.90 Å². The van der Waals surface area contributed by atoms with Gasteiger partial charge in [-0.2, -0.15) is 5.26 Å². The minimum atomic E-state index is -0.274. The van der Waals surface area contributed by atoms with Gasteiger partial charge in [0, 0.05) is 32.4 Å². The van der Waals surface area contributed by atoms with Crippen molar-refractivity contribution in [3.63, 3.8) is 0 Å². The van der Waals surface area contributed by atoms with Crippen LogP contribution in [0, 0.1) is 18.3 Å². The van der Waals surface area contributed by atoms with Crippen LogP contribution >= 0.6 is 0 Å². The Kier molecular flexibility index (Phi) is 5.72. The molecule has 1 atom stereocenters. The summed E-state index contributed by atoms with van der Waals surface area (Å²) in [4.78, 5) is 23.6. The number of anilines is 1. The standard InChI is InChI=1S/C21H25N5O/c1-16-5-4-6-18(13-16)20(24(2)3)21(27)26-11-9-25(10-12-26)19-8-7-17(14-22)15-23-19/h4-8,13,15,20H,9-12H2,1-3H3/t20-/m1/s1. The van der Waals surface area contributed by atoms with Crippen LogP contribution in [0.5, 0.6) is 0 Å². The van der Waals surface area contributed by atoms with Crippen molar-refractivity contribution in [2.75, 3.05) is 45.2 Å². The molecule has 0 N–H and O–H groups in total. The van der Waals surface area contributed by atoms with Crippen molar-refractivity contribution < 1.29 is 4.79 Å². The number of nitrogens with zero attached hydrogens (tertiary/aromatic N) is 5. The normalized spacial score (nSPS) is 15.5. The maximum absolute atomic E-state index is 13.2. The molecule has 0 unspecified atom stereocenters. The van der Waals surface area contributed by atoms with Gasteiger partial charge in [-0.15, -0.1) is 0 Å². The van der Waals surface area contributed by atoms with Crippen LogP contribution in [0.3, 0.4) is 0 Å². The minimum absolute atomic E-state index is 0.137. The van der Waals surface area contributed by atoms with Crippen molar-refractivity contribution >= 4 is 11.7 Å². The van der Waals surface area contributed by atoms with Gasteiger partial charge in [-0.05, 0) is 38.7 Å². The summed E-state index contributed by atoms with van der Waals surface area (Å²) in [5.41, 5.74) is 2.74. The lowest BCUT2D eigenvalue weighted by atomic mass is 10.0. The molecule has 1 aliphatic heterocycles. The molecule has 1 aromatic heterocycles. The van der Waals surface area contributed by atoms with Crippen LogP contribution in [-0.2, 0) is 4.79 Å².